The lowest BCUT2D eigenvalue weighted by Gasteiger charge is -2.38. The zero-order valence-corrected chi connectivity index (χ0v) is 27.7. The van der Waals surface area contributed by atoms with Crippen LogP contribution in [0.25, 0.3) is 0 Å². The maximum absolute atomic E-state index is 14.5. The molecule has 256 valence electrons. The van der Waals surface area contributed by atoms with Crippen LogP contribution in [0, 0.1) is 5.95 Å². The van der Waals surface area contributed by atoms with Gasteiger partial charge in [0.05, 0.1) is 38.2 Å². The number of piperidine rings is 1. The van der Waals surface area contributed by atoms with E-state index >= 15 is 0 Å². The SMILES string of the molecule is COc1ccc(CN(c2cccc(F)n2)S(=O)(=O)c2cc(C(F)(F)F)c(N(C)C3CCN(C(=O)OC(C)(C)C)CC3)cn2)c(OC)c1. The van der Waals surface area contributed by atoms with Gasteiger partial charge in [0.2, 0.25) is 5.95 Å². The number of hydrogen-bond acceptors (Lipinski definition) is 9. The lowest BCUT2D eigenvalue weighted by Crippen LogP contribution is -2.47. The van der Waals surface area contributed by atoms with Crippen molar-refractivity contribution < 1.29 is 45.0 Å². The number of aromatic nitrogens is 2. The van der Waals surface area contributed by atoms with Crippen LogP contribution >= 0.6 is 0 Å². The lowest BCUT2D eigenvalue weighted by atomic mass is 10.0. The predicted molar refractivity (Wildman–Crippen MR) is 166 cm³/mol. The number of amides is 1. The van der Waals surface area contributed by atoms with Crippen molar-refractivity contribution >= 4 is 27.6 Å². The number of alkyl halides is 3. The van der Waals surface area contributed by atoms with Gasteiger partial charge in [-0.1, -0.05) is 6.07 Å². The zero-order chi connectivity index (χ0) is 34.7. The second kappa shape index (κ2) is 13.8. The van der Waals surface area contributed by atoms with Gasteiger partial charge < -0.3 is 24.0 Å². The second-order valence-electron chi connectivity index (χ2n) is 11.9. The number of benzene rings is 1. The fourth-order valence-corrected chi connectivity index (χ4v) is 6.45. The molecule has 0 saturated carbocycles. The number of carbonyl (C=O) groups is 1. The third-order valence-electron chi connectivity index (χ3n) is 7.53. The van der Waals surface area contributed by atoms with E-state index in [9.17, 15) is 30.8 Å². The summed E-state index contributed by atoms with van der Waals surface area (Å²) in [4.78, 5) is 23.0. The summed E-state index contributed by atoms with van der Waals surface area (Å²) in [6.45, 7) is 5.26. The van der Waals surface area contributed by atoms with Crippen LogP contribution in [-0.4, -0.2) is 75.4 Å². The van der Waals surface area contributed by atoms with Crippen molar-refractivity contribution in [3.8, 4) is 11.5 Å². The van der Waals surface area contributed by atoms with Gasteiger partial charge in [-0.15, -0.1) is 0 Å². The summed E-state index contributed by atoms with van der Waals surface area (Å²) in [6, 6.07) is 8.07. The second-order valence-corrected chi connectivity index (χ2v) is 13.7. The van der Waals surface area contributed by atoms with Crippen molar-refractivity contribution in [3.63, 3.8) is 0 Å². The third-order valence-corrected chi connectivity index (χ3v) is 9.17. The van der Waals surface area contributed by atoms with Gasteiger partial charge in [-0.2, -0.15) is 26.0 Å². The normalized spacial score (nSPS) is 14.5. The van der Waals surface area contributed by atoms with Crippen LogP contribution in [0.4, 0.5) is 33.9 Å². The summed E-state index contributed by atoms with van der Waals surface area (Å²) < 4.78 is 103. The number of carbonyl (C=O) groups excluding carboxylic acids is 1. The highest BCUT2D eigenvalue weighted by Crippen LogP contribution is 2.39. The number of halogens is 4. The molecule has 1 aliphatic heterocycles. The maximum Gasteiger partial charge on any atom is 0.418 e. The number of sulfonamides is 1. The molecule has 0 aliphatic carbocycles. The summed E-state index contributed by atoms with van der Waals surface area (Å²) >= 11 is 0. The molecule has 47 heavy (non-hydrogen) atoms. The van der Waals surface area contributed by atoms with Crippen molar-refractivity contribution in [2.24, 2.45) is 0 Å². The number of anilines is 2. The highest BCUT2D eigenvalue weighted by Gasteiger charge is 2.39. The Morgan fingerprint density at radius 1 is 1.04 bits per heavy atom. The van der Waals surface area contributed by atoms with E-state index in [0.29, 0.717) is 34.5 Å². The minimum absolute atomic E-state index is 0.222. The van der Waals surface area contributed by atoms with Crippen LogP contribution in [0.15, 0.2) is 53.7 Å². The van der Waals surface area contributed by atoms with E-state index in [2.05, 4.69) is 9.97 Å². The monoisotopic (exact) mass is 683 g/mol. The molecule has 4 rings (SSSR count). The number of methoxy groups -OCH3 is 2. The van der Waals surface area contributed by atoms with Crippen LogP contribution in [0.5, 0.6) is 11.5 Å². The molecule has 0 N–H and O–H groups in total. The van der Waals surface area contributed by atoms with Gasteiger partial charge in [0.25, 0.3) is 10.0 Å². The first kappa shape index (κ1) is 35.5. The summed E-state index contributed by atoms with van der Waals surface area (Å²) in [5.41, 5.74) is -1.95. The molecule has 0 unspecified atom stereocenters. The highest BCUT2D eigenvalue weighted by atomic mass is 32.2. The first-order valence-electron chi connectivity index (χ1n) is 14.6. The first-order chi connectivity index (χ1) is 21.9. The number of hydrogen-bond donors (Lipinski definition) is 0. The molecule has 1 fully saturated rings. The van der Waals surface area contributed by atoms with E-state index in [1.807, 2.05) is 0 Å². The molecule has 16 heteroatoms. The molecule has 1 saturated heterocycles. The van der Waals surface area contributed by atoms with Crippen molar-refractivity contribution in [1.82, 2.24) is 14.9 Å². The summed E-state index contributed by atoms with van der Waals surface area (Å²) in [6.07, 6.45) is -3.92. The third kappa shape index (κ3) is 8.34. The summed E-state index contributed by atoms with van der Waals surface area (Å²) in [5.74, 6) is -0.741. The fourth-order valence-electron chi connectivity index (χ4n) is 5.11. The minimum Gasteiger partial charge on any atom is -0.497 e. The lowest BCUT2D eigenvalue weighted by molar-refractivity contribution is -0.137. The van der Waals surface area contributed by atoms with E-state index in [0.717, 1.165) is 12.3 Å². The smallest absolute Gasteiger partial charge is 0.418 e. The number of likely N-dealkylation sites (tertiary alicyclic amines) is 1. The summed E-state index contributed by atoms with van der Waals surface area (Å²) in [5, 5.41) is -0.916. The average Bonchev–Trinajstić information content (AvgIpc) is 3.01. The van der Waals surface area contributed by atoms with Crippen molar-refractivity contribution in [1.29, 1.82) is 0 Å². The van der Waals surface area contributed by atoms with Crippen LogP contribution in [0.2, 0.25) is 0 Å². The predicted octanol–water partition coefficient (Wildman–Crippen LogP) is 5.88. The molecule has 0 radical (unpaired) electrons. The van der Waals surface area contributed by atoms with Gasteiger partial charge >= 0.3 is 12.3 Å². The molecule has 0 spiro atoms. The van der Waals surface area contributed by atoms with Crippen LogP contribution in [0.3, 0.4) is 0 Å². The van der Waals surface area contributed by atoms with Gasteiger partial charge in [0.15, 0.2) is 5.03 Å². The Labute approximate surface area is 271 Å². The molecule has 0 bridgehead atoms. The van der Waals surface area contributed by atoms with Gasteiger partial charge in [-0.3, -0.25) is 0 Å². The highest BCUT2D eigenvalue weighted by molar-refractivity contribution is 7.92. The zero-order valence-electron chi connectivity index (χ0n) is 26.8. The topological polar surface area (TPSA) is 114 Å². The van der Waals surface area contributed by atoms with Gasteiger partial charge in [0, 0.05) is 37.8 Å². The Bertz CT molecular complexity index is 1690. The van der Waals surface area contributed by atoms with Gasteiger partial charge in [-0.25, -0.2) is 19.1 Å². The largest absolute Gasteiger partial charge is 0.497 e. The number of rotatable bonds is 9. The van der Waals surface area contributed by atoms with Gasteiger partial charge in [0.1, 0.15) is 22.9 Å². The first-order valence-corrected chi connectivity index (χ1v) is 16.0. The Balaban J connectivity index is 1.69. The maximum atomic E-state index is 14.5. The molecule has 11 nitrogen and oxygen atoms in total. The fraction of sp³-hybridized carbons (Fsp3) is 0.452. The quantitative estimate of drug-likeness (QED) is 0.201. The molecular weight excluding hydrogens is 646 g/mol. The molecule has 1 aliphatic rings. The molecule has 2 aromatic heterocycles. The van der Waals surface area contributed by atoms with Crippen molar-refractivity contribution in [2.75, 3.05) is 43.6 Å². The van der Waals surface area contributed by atoms with Crippen LogP contribution in [0.1, 0.15) is 44.7 Å². The molecule has 3 heterocycles. The van der Waals surface area contributed by atoms with E-state index in [1.165, 1.54) is 55.3 Å². The Hall–Kier alpha value is -4.34. The Kier molecular flexibility index (Phi) is 10.4. The number of nitrogens with zero attached hydrogens (tertiary/aromatic N) is 5. The van der Waals surface area contributed by atoms with Crippen molar-refractivity contribution in [2.45, 2.75) is 63.0 Å². The Morgan fingerprint density at radius 3 is 2.30 bits per heavy atom. The standard InChI is InChI=1S/C31H37F4N5O6S/c1-30(2,3)46-29(41)39-14-12-21(13-15-39)38(4)24-18-36-28(17-23(24)31(33,34)35)47(42,43)40(27-9-7-8-26(32)37-27)19-20-10-11-22(44-5)16-25(20)45-6/h7-11,16-18,21H,12-15,19H2,1-6H3. The van der Waals surface area contributed by atoms with Crippen LogP contribution < -0.4 is 18.7 Å². The Morgan fingerprint density at radius 2 is 1.72 bits per heavy atom. The van der Waals surface area contributed by atoms with Gasteiger partial charge in [-0.05, 0) is 63.9 Å². The van der Waals surface area contributed by atoms with E-state index in [-0.39, 0.29) is 30.3 Å². The number of ether oxygens (including phenoxy) is 3. The average molecular weight is 684 g/mol. The van der Waals surface area contributed by atoms with E-state index < -0.39 is 57.0 Å². The molecule has 1 amide bonds. The minimum atomic E-state index is -4.96. The van der Waals surface area contributed by atoms with E-state index in [4.69, 9.17) is 14.2 Å². The molecule has 3 aromatic rings. The van der Waals surface area contributed by atoms with E-state index in [1.54, 1.807) is 26.8 Å². The number of pyridine rings is 2. The van der Waals surface area contributed by atoms with Crippen LogP contribution in [-0.2, 0) is 27.5 Å². The molecule has 1 aromatic carbocycles. The summed E-state index contributed by atoms with van der Waals surface area (Å²) in [7, 11) is -0.614. The van der Waals surface area contributed by atoms with Crippen molar-refractivity contribution in [3.05, 3.63) is 65.7 Å². The molecule has 0 atom stereocenters. The molecular formula is C31H37F4N5O6S.